The van der Waals surface area contributed by atoms with Gasteiger partial charge in [0.2, 0.25) is 0 Å². The predicted octanol–water partition coefficient (Wildman–Crippen LogP) is 4.30. The Morgan fingerprint density at radius 2 is 1.92 bits per heavy atom. The maximum absolute atomic E-state index is 4.57. The predicted molar refractivity (Wildman–Crippen MR) is 105 cm³/mol. The van der Waals surface area contributed by atoms with Gasteiger partial charge in [0.15, 0.2) is 0 Å². The minimum Gasteiger partial charge on any atom is -0.325 e. The Bertz CT molecular complexity index is 720. The van der Waals surface area contributed by atoms with E-state index in [0.29, 0.717) is 0 Å². The molecule has 3 aromatic rings. The van der Waals surface area contributed by atoms with Crippen molar-refractivity contribution < 1.29 is 0 Å². The van der Waals surface area contributed by atoms with E-state index in [1.165, 1.54) is 0 Å². The van der Waals surface area contributed by atoms with Crippen LogP contribution in [0.1, 0.15) is 12.5 Å². The van der Waals surface area contributed by atoms with E-state index in [4.69, 9.17) is 0 Å². The van der Waals surface area contributed by atoms with Gasteiger partial charge in [0.1, 0.15) is 22.3 Å². The summed E-state index contributed by atoms with van der Waals surface area (Å²) in [5.41, 5.74) is 2.03. The first-order valence-electron chi connectivity index (χ1n) is 7.15. The zero-order valence-corrected chi connectivity index (χ0v) is 15.5. The number of anilines is 2. The molecular formula is C16H19Cl2N5S. The number of halogens is 2. The lowest BCUT2D eigenvalue weighted by atomic mass is 10.3. The van der Waals surface area contributed by atoms with E-state index in [9.17, 15) is 0 Å². The van der Waals surface area contributed by atoms with Gasteiger partial charge in [-0.3, -0.25) is 0 Å². The number of pyridine rings is 2. The van der Waals surface area contributed by atoms with E-state index in [1.807, 2.05) is 35.8 Å². The van der Waals surface area contributed by atoms with E-state index in [0.717, 1.165) is 41.0 Å². The van der Waals surface area contributed by atoms with Crippen molar-refractivity contribution in [3.05, 3.63) is 53.7 Å². The molecule has 0 unspecified atom stereocenters. The molecule has 0 saturated carbocycles. The lowest BCUT2D eigenvalue weighted by Gasteiger charge is -2.07. The third-order valence-electron chi connectivity index (χ3n) is 3.06. The van der Waals surface area contributed by atoms with Crippen molar-refractivity contribution in [2.45, 2.75) is 13.5 Å². The third-order valence-corrected chi connectivity index (χ3v) is 3.86. The molecule has 3 rings (SSSR count). The molecular weight excluding hydrogens is 365 g/mol. The van der Waals surface area contributed by atoms with Crippen LogP contribution >= 0.6 is 36.2 Å². The van der Waals surface area contributed by atoms with Crippen molar-refractivity contribution in [2.75, 3.05) is 11.9 Å². The molecule has 0 spiro atoms. The first-order valence-corrected chi connectivity index (χ1v) is 8.02. The summed E-state index contributed by atoms with van der Waals surface area (Å²) in [6, 6.07) is 9.86. The average molecular weight is 384 g/mol. The smallest absolute Gasteiger partial charge is 0.141 e. The van der Waals surface area contributed by atoms with E-state index < -0.39 is 0 Å². The lowest BCUT2D eigenvalue weighted by Crippen LogP contribution is -2.11. The fourth-order valence-corrected chi connectivity index (χ4v) is 2.58. The van der Waals surface area contributed by atoms with Gasteiger partial charge in [-0.05, 0) is 30.3 Å². The fraction of sp³-hybridized carbons (Fsp3) is 0.188. The molecule has 128 valence electrons. The Morgan fingerprint density at radius 3 is 2.58 bits per heavy atom. The van der Waals surface area contributed by atoms with Crippen LogP contribution < -0.4 is 10.6 Å². The lowest BCUT2D eigenvalue weighted by molar-refractivity contribution is 0.724. The van der Waals surface area contributed by atoms with Crippen LogP contribution in [0, 0.1) is 0 Å². The van der Waals surface area contributed by atoms with Gasteiger partial charge in [-0.1, -0.05) is 19.1 Å². The molecule has 0 amide bonds. The summed E-state index contributed by atoms with van der Waals surface area (Å²) in [7, 11) is 0. The van der Waals surface area contributed by atoms with Gasteiger partial charge in [-0.25, -0.2) is 15.0 Å². The topological polar surface area (TPSA) is 62.7 Å². The summed E-state index contributed by atoms with van der Waals surface area (Å²) in [4.78, 5) is 13.3. The molecule has 0 aliphatic rings. The number of nitrogens with one attached hydrogen (secondary N) is 2. The molecule has 0 aromatic carbocycles. The van der Waals surface area contributed by atoms with Crippen LogP contribution in [0.3, 0.4) is 0 Å². The summed E-state index contributed by atoms with van der Waals surface area (Å²) in [6.45, 7) is 3.87. The number of hydrogen-bond acceptors (Lipinski definition) is 6. The Hall–Kier alpha value is -1.73. The molecule has 0 saturated heterocycles. The van der Waals surface area contributed by atoms with Gasteiger partial charge in [0.25, 0.3) is 0 Å². The molecule has 3 aromatic heterocycles. The molecule has 0 bridgehead atoms. The zero-order chi connectivity index (χ0) is 15.2. The summed E-state index contributed by atoms with van der Waals surface area (Å²) in [5, 5.41) is 9.36. The largest absolute Gasteiger partial charge is 0.325 e. The fourth-order valence-electron chi connectivity index (χ4n) is 1.98. The first kappa shape index (κ1) is 20.3. The van der Waals surface area contributed by atoms with Gasteiger partial charge < -0.3 is 10.6 Å². The second-order valence-corrected chi connectivity index (χ2v) is 5.60. The molecule has 2 N–H and O–H groups in total. The Morgan fingerprint density at radius 1 is 1.04 bits per heavy atom. The highest BCUT2D eigenvalue weighted by molar-refractivity contribution is 7.13. The zero-order valence-electron chi connectivity index (χ0n) is 13.1. The first-order chi connectivity index (χ1) is 10.8. The second kappa shape index (κ2) is 10.2. The molecule has 0 fully saturated rings. The SMILES string of the molecule is CCNCc1ccc(Nc2cccc(-c3nccs3)n2)nc1.Cl.Cl. The summed E-state index contributed by atoms with van der Waals surface area (Å²) in [5.74, 6) is 1.55. The number of thiazole rings is 1. The van der Waals surface area contributed by atoms with Crippen molar-refractivity contribution in [2.24, 2.45) is 0 Å². The van der Waals surface area contributed by atoms with Crippen LogP contribution in [-0.2, 0) is 6.54 Å². The molecule has 0 aliphatic carbocycles. The van der Waals surface area contributed by atoms with Gasteiger partial charge in [-0.15, -0.1) is 36.2 Å². The van der Waals surface area contributed by atoms with Crippen LogP contribution in [0.5, 0.6) is 0 Å². The van der Waals surface area contributed by atoms with Gasteiger partial charge in [0.05, 0.1) is 0 Å². The Labute approximate surface area is 157 Å². The van der Waals surface area contributed by atoms with Crippen molar-refractivity contribution >= 4 is 47.8 Å². The van der Waals surface area contributed by atoms with Gasteiger partial charge in [-0.2, -0.15) is 0 Å². The standard InChI is InChI=1S/C16H17N5S.2ClH/c1-2-17-10-12-6-7-14(19-11-12)21-15-5-3-4-13(20-15)16-18-8-9-22-16;;/h3-9,11,17H,2,10H2,1H3,(H,19,20,21);2*1H. The monoisotopic (exact) mass is 383 g/mol. The van der Waals surface area contributed by atoms with Crippen LogP contribution in [0.25, 0.3) is 10.7 Å². The highest BCUT2D eigenvalue weighted by Crippen LogP contribution is 2.22. The molecule has 0 aliphatic heterocycles. The maximum atomic E-state index is 4.57. The van der Waals surface area contributed by atoms with Crippen LogP contribution in [0.4, 0.5) is 11.6 Å². The Kier molecular flexibility index (Phi) is 8.63. The normalized spacial score (nSPS) is 9.71. The molecule has 8 heteroatoms. The number of rotatable bonds is 6. The highest BCUT2D eigenvalue weighted by Gasteiger charge is 2.04. The quantitative estimate of drug-likeness (QED) is 0.664. The third kappa shape index (κ3) is 5.42. The number of hydrogen-bond donors (Lipinski definition) is 2. The van der Waals surface area contributed by atoms with E-state index in [1.54, 1.807) is 17.5 Å². The van der Waals surface area contributed by atoms with Crippen molar-refractivity contribution in [1.82, 2.24) is 20.3 Å². The van der Waals surface area contributed by atoms with Crippen LogP contribution in [-0.4, -0.2) is 21.5 Å². The van der Waals surface area contributed by atoms with Gasteiger partial charge >= 0.3 is 0 Å². The Balaban J connectivity index is 0.00000144. The summed E-state index contributed by atoms with van der Waals surface area (Å²) < 4.78 is 0. The molecule has 3 heterocycles. The highest BCUT2D eigenvalue weighted by atomic mass is 35.5. The second-order valence-electron chi connectivity index (χ2n) is 4.70. The summed E-state index contributed by atoms with van der Waals surface area (Å²) in [6.07, 6.45) is 3.65. The van der Waals surface area contributed by atoms with E-state index in [2.05, 4.69) is 38.6 Å². The minimum atomic E-state index is 0. The maximum Gasteiger partial charge on any atom is 0.141 e. The van der Waals surface area contributed by atoms with Crippen LogP contribution in [0.2, 0.25) is 0 Å². The molecule has 0 radical (unpaired) electrons. The van der Waals surface area contributed by atoms with E-state index >= 15 is 0 Å². The minimum absolute atomic E-state index is 0. The molecule has 24 heavy (non-hydrogen) atoms. The van der Waals surface area contributed by atoms with Crippen molar-refractivity contribution in [1.29, 1.82) is 0 Å². The van der Waals surface area contributed by atoms with Crippen LogP contribution in [0.15, 0.2) is 48.1 Å². The van der Waals surface area contributed by atoms with Gasteiger partial charge in [0, 0.05) is 24.3 Å². The number of aromatic nitrogens is 3. The molecule has 5 nitrogen and oxygen atoms in total. The van der Waals surface area contributed by atoms with Crippen molar-refractivity contribution in [3.63, 3.8) is 0 Å². The van der Waals surface area contributed by atoms with Crippen molar-refractivity contribution in [3.8, 4) is 10.7 Å². The average Bonchev–Trinajstić information content (AvgIpc) is 3.09. The number of nitrogens with zero attached hydrogens (tertiary/aromatic N) is 3. The van der Waals surface area contributed by atoms with E-state index in [-0.39, 0.29) is 24.8 Å². The summed E-state index contributed by atoms with van der Waals surface area (Å²) >= 11 is 1.58. The molecule has 0 atom stereocenters.